The number of aromatic nitrogens is 4. The molecule has 0 saturated heterocycles. The van der Waals surface area contributed by atoms with Crippen LogP contribution < -0.4 is 5.32 Å². The number of anilines is 2. The lowest BCUT2D eigenvalue weighted by atomic mass is 10.0. The van der Waals surface area contributed by atoms with Gasteiger partial charge in [-0.15, -0.1) is 0 Å². The summed E-state index contributed by atoms with van der Waals surface area (Å²) in [4.78, 5) is 17.6. The highest BCUT2D eigenvalue weighted by Crippen LogP contribution is 2.30. The van der Waals surface area contributed by atoms with Crippen molar-refractivity contribution in [1.29, 1.82) is 0 Å². The molecule has 4 heterocycles. The first kappa shape index (κ1) is 14.3. The first-order chi connectivity index (χ1) is 11.8. The van der Waals surface area contributed by atoms with E-state index in [0.29, 0.717) is 5.82 Å². The first-order valence-corrected chi connectivity index (χ1v) is 7.65. The number of hydrogen-bond donors (Lipinski definition) is 1. The molecule has 0 aliphatic rings. The zero-order chi connectivity index (χ0) is 16.4. The molecule has 0 saturated carbocycles. The Bertz CT molecular complexity index is 981. The van der Waals surface area contributed by atoms with Crippen molar-refractivity contribution in [3.63, 3.8) is 0 Å². The maximum atomic E-state index is 4.56. The molecule has 24 heavy (non-hydrogen) atoms. The number of pyridine rings is 4. The van der Waals surface area contributed by atoms with Crippen LogP contribution in [-0.2, 0) is 0 Å². The Morgan fingerprint density at radius 3 is 2.54 bits per heavy atom. The van der Waals surface area contributed by atoms with Crippen LogP contribution in [-0.4, -0.2) is 19.9 Å². The molecule has 116 valence electrons. The van der Waals surface area contributed by atoms with Crippen molar-refractivity contribution < 1.29 is 0 Å². The molecule has 0 bridgehead atoms. The van der Waals surface area contributed by atoms with Gasteiger partial charge in [0, 0.05) is 47.5 Å². The molecule has 0 aliphatic heterocycles. The lowest BCUT2D eigenvalue weighted by molar-refractivity contribution is 1.23. The third-order valence-electron chi connectivity index (χ3n) is 3.78. The standard InChI is InChI=1S/C19H15N5/c1-13-6-7-17(22-10-13)24-19-18-15(5-3-9-21-18)16(12-23-19)14-4-2-8-20-11-14/h2-12H,1H3,(H,22,23,24). The van der Waals surface area contributed by atoms with Crippen molar-refractivity contribution in [2.45, 2.75) is 6.92 Å². The van der Waals surface area contributed by atoms with Crippen LogP contribution in [0, 0.1) is 6.92 Å². The minimum Gasteiger partial charge on any atom is -0.323 e. The van der Waals surface area contributed by atoms with Crippen molar-refractivity contribution in [2.75, 3.05) is 5.32 Å². The van der Waals surface area contributed by atoms with Crippen LogP contribution in [0.2, 0.25) is 0 Å². The van der Waals surface area contributed by atoms with Crippen LogP contribution in [0.1, 0.15) is 5.56 Å². The van der Waals surface area contributed by atoms with Crippen LogP contribution in [0.4, 0.5) is 11.6 Å². The number of hydrogen-bond acceptors (Lipinski definition) is 5. The molecule has 0 aromatic carbocycles. The highest BCUT2D eigenvalue weighted by molar-refractivity contribution is 5.99. The van der Waals surface area contributed by atoms with Gasteiger partial charge in [0.2, 0.25) is 0 Å². The van der Waals surface area contributed by atoms with Crippen LogP contribution in [0.3, 0.4) is 0 Å². The van der Waals surface area contributed by atoms with Crippen LogP contribution in [0.5, 0.6) is 0 Å². The summed E-state index contributed by atoms with van der Waals surface area (Å²) >= 11 is 0. The van der Waals surface area contributed by atoms with Crippen molar-refractivity contribution in [2.24, 2.45) is 0 Å². The number of aryl methyl sites for hydroxylation is 1. The van der Waals surface area contributed by atoms with Gasteiger partial charge in [0.1, 0.15) is 11.3 Å². The molecule has 4 rings (SSSR count). The van der Waals surface area contributed by atoms with E-state index in [-0.39, 0.29) is 0 Å². The van der Waals surface area contributed by atoms with Gasteiger partial charge in [0.15, 0.2) is 5.82 Å². The Morgan fingerprint density at radius 1 is 0.833 bits per heavy atom. The Hall–Kier alpha value is -3.34. The molecule has 5 heteroatoms. The first-order valence-electron chi connectivity index (χ1n) is 7.65. The summed E-state index contributed by atoms with van der Waals surface area (Å²) in [5.74, 6) is 1.43. The van der Waals surface area contributed by atoms with Crippen molar-refractivity contribution >= 4 is 22.5 Å². The highest BCUT2D eigenvalue weighted by Gasteiger charge is 2.10. The van der Waals surface area contributed by atoms with E-state index in [1.807, 2.05) is 61.9 Å². The second-order valence-corrected chi connectivity index (χ2v) is 5.51. The fourth-order valence-electron chi connectivity index (χ4n) is 2.58. The molecule has 0 spiro atoms. The molecule has 0 fully saturated rings. The minimum atomic E-state index is 0.689. The Kier molecular flexibility index (Phi) is 3.59. The Labute approximate surface area is 139 Å². The van der Waals surface area contributed by atoms with Gasteiger partial charge in [0.05, 0.1) is 0 Å². The summed E-state index contributed by atoms with van der Waals surface area (Å²) in [5, 5.41) is 4.28. The lowest BCUT2D eigenvalue weighted by Gasteiger charge is -2.11. The van der Waals surface area contributed by atoms with Gasteiger partial charge in [-0.05, 0) is 30.7 Å². The summed E-state index contributed by atoms with van der Waals surface area (Å²) in [7, 11) is 0. The second-order valence-electron chi connectivity index (χ2n) is 5.51. The predicted molar refractivity (Wildman–Crippen MR) is 95.0 cm³/mol. The molecule has 0 amide bonds. The van der Waals surface area contributed by atoms with Gasteiger partial charge in [-0.25, -0.2) is 9.97 Å². The molecule has 0 atom stereocenters. The molecular weight excluding hydrogens is 298 g/mol. The topological polar surface area (TPSA) is 63.6 Å². The van der Waals surface area contributed by atoms with Gasteiger partial charge < -0.3 is 5.32 Å². The van der Waals surface area contributed by atoms with Gasteiger partial charge in [-0.2, -0.15) is 0 Å². The van der Waals surface area contributed by atoms with Gasteiger partial charge in [-0.3, -0.25) is 9.97 Å². The monoisotopic (exact) mass is 313 g/mol. The average molecular weight is 313 g/mol. The fourth-order valence-corrected chi connectivity index (χ4v) is 2.58. The van der Waals surface area contributed by atoms with Gasteiger partial charge in [0.25, 0.3) is 0 Å². The molecular formula is C19H15N5. The lowest BCUT2D eigenvalue weighted by Crippen LogP contribution is -1.99. The van der Waals surface area contributed by atoms with Crippen molar-refractivity contribution in [3.8, 4) is 11.1 Å². The molecule has 4 aromatic rings. The summed E-state index contributed by atoms with van der Waals surface area (Å²) < 4.78 is 0. The fraction of sp³-hybridized carbons (Fsp3) is 0.0526. The van der Waals surface area contributed by atoms with E-state index >= 15 is 0 Å². The SMILES string of the molecule is Cc1ccc(Nc2ncc(-c3cccnc3)c3cccnc23)nc1. The largest absolute Gasteiger partial charge is 0.323 e. The third-order valence-corrected chi connectivity index (χ3v) is 3.78. The van der Waals surface area contributed by atoms with Crippen molar-refractivity contribution in [1.82, 2.24) is 19.9 Å². The summed E-state index contributed by atoms with van der Waals surface area (Å²) in [5.41, 5.74) is 3.95. The van der Waals surface area contributed by atoms with Crippen molar-refractivity contribution in [3.05, 3.63) is 72.9 Å². The van der Waals surface area contributed by atoms with Gasteiger partial charge >= 0.3 is 0 Å². The molecule has 0 unspecified atom stereocenters. The summed E-state index contributed by atoms with van der Waals surface area (Å²) in [6.45, 7) is 2.01. The number of fused-ring (bicyclic) bond motifs is 1. The molecule has 0 radical (unpaired) electrons. The molecule has 4 aromatic heterocycles. The van der Waals surface area contributed by atoms with E-state index in [1.165, 1.54) is 0 Å². The quantitative estimate of drug-likeness (QED) is 0.616. The number of nitrogens with one attached hydrogen (secondary N) is 1. The highest BCUT2D eigenvalue weighted by atomic mass is 15.1. The second kappa shape index (κ2) is 6.04. The molecule has 0 aliphatic carbocycles. The third kappa shape index (κ3) is 2.67. The van der Waals surface area contributed by atoms with E-state index < -0.39 is 0 Å². The van der Waals surface area contributed by atoms with Gasteiger partial charge in [-0.1, -0.05) is 18.2 Å². The van der Waals surface area contributed by atoms with Crippen LogP contribution in [0.25, 0.3) is 22.0 Å². The van der Waals surface area contributed by atoms with E-state index in [2.05, 4.69) is 25.3 Å². The molecule has 1 N–H and O–H groups in total. The Balaban J connectivity index is 1.82. The maximum Gasteiger partial charge on any atom is 0.158 e. The van der Waals surface area contributed by atoms with E-state index in [9.17, 15) is 0 Å². The maximum absolute atomic E-state index is 4.56. The predicted octanol–water partition coefficient (Wildman–Crippen LogP) is 4.14. The number of rotatable bonds is 3. The van der Waals surface area contributed by atoms with E-state index in [1.54, 1.807) is 12.4 Å². The zero-order valence-electron chi connectivity index (χ0n) is 13.1. The normalized spacial score (nSPS) is 10.7. The Morgan fingerprint density at radius 2 is 1.75 bits per heavy atom. The summed E-state index contributed by atoms with van der Waals surface area (Å²) in [6.07, 6.45) is 9.03. The zero-order valence-corrected chi connectivity index (χ0v) is 13.1. The van der Waals surface area contributed by atoms with E-state index in [4.69, 9.17) is 0 Å². The van der Waals surface area contributed by atoms with Crippen LogP contribution >= 0.6 is 0 Å². The van der Waals surface area contributed by atoms with Crippen LogP contribution in [0.15, 0.2) is 67.4 Å². The summed E-state index contributed by atoms with van der Waals surface area (Å²) in [6, 6.07) is 11.8. The smallest absolute Gasteiger partial charge is 0.158 e. The van der Waals surface area contributed by atoms with E-state index in [0.717, 1.165) is 33.4 Å². The number of nitrogens with zero attached hydrogens (tertiary/aromatic N) is 4. The minimum absolute atomic E-state index is 0.689. The average Bonchev–Trinajstić information content (AvgIpc) is 2.64. The molecule has 5 nitrogen and oxygen atoms in total.